The summed E-state index contributed by atoms with van der Waals surface area (Å²) in [6, 6.07) is 0. The van der Waals surface area contributed by atoms with E-state index in [1.54, 1.807) is 10.9 Å². The van der Waals surface area contributed by atoms with Crippen molar-refractivity contribution in [2.24, 2.45) is 11.7 Å². The Morgan fingerprint density at radius 1 is 1.36 bits per heavy atom. The highest BCUT2D eigenvalue weighted by Gasteiger charge is 2.23. The van der Waals surface area contributed by atoms with Crippen molar-refractivity contribution < 1.29 is 9.90 Å². The molecule has 3 heterocycles. The number of aliphatic hydroxyl groups is 1. The molecule has 0 radical (unpaired) electrons. The number of carbonyl (C=O) groups is 1. The summed E-state index contributed by atoms with van der Waals surface area (Å²) in [5.41, 5.74) is 6.00. The zero-order valence-electron chi connectivity index (χ0n) is 12.4. The number of rotatable bonds is 5. The minimum Gasteiger partial charge on any atom is -0.394 e. The van der Waals surface area contributed by atoms with Crippen LogP contribution in [0.5, 0.6) is 0 Å². The van der Waals surface area contributed by atoms with Crippen LogP contribution in [0.3, 0.4) is 0 Å². The van der Waals surface area contributed by atoms with Crippen LogP contribution in [0.15, 0.2) is 12.5 Å². The topological polar surface area (TPSA) is 110 Å². The molecule has 118 valence electrons. The molecular weight excluding hydrogens is 284 g/mol. The number of piperidine rings is 1. The lowest BCUT2D eigenvalue weighted by atomic mass is 9.93. The monoisotopic (exact) mass is 304 g/mol. The second kappa shape index (κ2) is 6.27. The van der Waals surface area contributed by atoms with Crippen LogP contribution in [-0.2, 0) is 11.3 Å². The molecule has 2 aromatic rings. The van der Waals surface area contributed by atoms with Gasteiger partial charge in [0.1, 0.15) is 12.1 Å². The summed E-state index contributed by atoms with van der Waals surface area (Å²) in [7, 11) is 0. The number of nitrogens with zero attached hydrogens (tertiary/aromatic N) is 5. The van der Waals surface area contributed by atoms with E-state index in [2.05, 4.69) is 20.0 Å². The molecule has 0 unspecified atom stereocenters. The van der Waals surface area contributed by atoms with Gasteiger partial charge in [0.2, 0.25) is 5.91 Å². The average molecular weight is 304 g/mol. The molecule has 3 N–H and O–H groups in total. The summed E-state index contributed by atoms with van der Waals surface area (Å²) in [5.74, 6) is 1.00. The third kappa shape index (κ3) is 2.87. The zero-order valence-corrected chi connectivity index (χ0v) is 12.4. The summed E-state index contributed by atoms with van der Waals surface area (Å²) in [5, 5.41) is 14.2. The minimum atomic E-state index is -0.229. The van der Waals surface area contributed by atoms with Crippen LogP contribution in [0.4, 0.5) is 5.82 Å². The first-order valence-corrected chi connectivity index (χ1v) is 7.49. The third-order valence-corrected chi connectivity index (χ3v) is 4.13. The van der Waals surface area contributed by atoms with Gasteiger partial charge in [-0.25, -0.2) is 14.6 Å². The van der Waals surface area contributed by atoms with Crippen molar-refractivity contribution in [3.05, 3.63) is 12.5 Å². The minimum absolute atomic E-state index is 0.0224. The fourth-order valence-corrected chi connectivity index (χ4v) is 3.02. The van der Waals surface area contributed by atoms with Crippen LogP contribution in [-0.4, -0.2) is 50.5 Å². The maximum Gasteiger partial charge on any atom is 0.217 e. The highest BCUT2D eigenvalue weighted by Crippen LogP contribution is 2.28. The van der Waals surface area contributed by atoms with Crippen LogP contribution < -0.4 is 10.6 Å². The molecule has 1 saturated heterocycles. The smallest absolute Gasteiger partial charge is 0.217 e. The van der Waals surface area contributed by atoms with Crippen molar-refractivity contribution in [1.82, 2.24) is 19.7 Å². The van der Waals surface area contributed by atoms with Gasteiger partial charge in [-0.15, -0.1) is 0 Å². The van der Waals surface area contributed by atoms with Crippen LogP contribution in [0, 0.1) is 5.92 Å². The SMILES string of the molecule is NC(=O)CC1CCN(c2ncnc3c2cnn3CCO)CC1. The first-order valence-electron chi connectivity index (χ1n) is 7.49. The molecule has 0 spiro atoms. The average Bonchev–Trinajstić information content (AvgIpc) is 2.91. The van der Waals surface area contributed by atoms with Crippen LogP contribution in [0.1, 0.15) is 19.3 Å². The first-order chi connectivity index (χ1) is 10.7. The number of fused-ring (bicyclic) bond motifs is 1. The zero-order chi connectivity index (χ0) is 15.5. The molecule has 22 heavy (non-hydrogen) atoms. The molecule has 0 bridgehead atoms. The molecule has 8 nitrogen and oxygen atoms in total. The maximum absolute atomic E-state index is 11.0. The van der Waals surface area contributed by atoms with E-state index in [0.29, 0.717) is 18.9 Å². The van der Waals surface area contributed by atoms with E-state index in [4.69, 9.17) is 10.8 Å². The Bertz CT molecular complexity index is 662. The number of hydrogen-bond donors (Lipinski definition) is 2. The van der Waals surface area contributed by atoms with E-state index in [9.17, 15) is 4.79 Å². The Balaban J connectivity index is 1.78. The number of primary amides is 1. The van der Waals surface area contributed by atoms with Gasteiger partial charge in [0.25, 0.3) is 0 Å². The number of aliphatic hydroxyl groups excluding tert-OH is 1. The predicted molar refractivity (Wildman–Crippen MR) is 81.2 cm³/mol. The van der Waals surface area contributed by atoms with Gasteiger partial charge in [-0.2, -0.15) is 5.10 Å². The summed E-state index contributed by atoms with van der Waals surface area (Å²) in [4.78, 5) is 21.9. The Hall–Kier alpha value is -2.22. The van der Waals surface area contributed by atoms with Gasteiger partial charge >= 0.3 is 0 Å². The number of amides is 1. The van der Waals surface area contributed by atoms with Crippen molar-refractivity contribution >= 4 is 22.8 Å². The molecule has 1 amide bonds. The fourth-order valence-electron chi connectivity index (χ4n) is 3.02. The molecule has 0 aliphatic carbocycles. The van der Waals surface area contributed by atoms with Gasteiger partial charge in [-0.3, -0.25) is 4.79 Å². The standard InChI is InChI=1S/C14H20N6O2/c15-12(22)7-10-1-3-19(4-2-10)13-11-8-18-20(5-6-21)14(11)17-9-16-13/h8-10,21H,1-7H2,(H2,15,22). The van der Waals surface area contributed by atoms with Gasteiger partial charge in [0, 0.05) is 19.5 Å². The van der Waals surface area contributed by atoms with Gasteiger partial charge in [-0.1, -0.05) is 0 Å². The molecule has 1 aliphatic rings. The first kappa shape index (κ1) is 14.7. The normalized spacial score (nSPS) is 16.3. The van der Waals surface area contributed by atoms with E-state index in [0.717, 1.165) is 42.8 Å². The van der Waals surface area contributed by atoms with Gasteiger partial charge < -0.3 is 15.7 Å². The van der Waals surface area contributed by atoms with E-state index in [-0.39, 0.29) is 12.5 Å². The largest absolute Gasteiger partial charge is 0.394 e. The van der Waals surface area contributed by atoms with Crippen molar-refractivity contribution in [2.75, 3.05) is 24.6 Å². The summed E-state index contributed by atoms with van der Waals surface area (Å²) >= 11 is 0. The number of aromatic nitrogens is 4. The highest BCUT2D eigenvalue weighted by atomic mass is 16.3. The van der Waals surface area contributed by atoms with Crippen molar-refractivity contribution in [1.29, 1.82) is 0 Å². The number of anilines is 1. The summed E-state index contributed by atoms with van der Waals surface area (Å²) in [6.45, 7) is 2.12. The lowest BCUT2D eigenvalue weighted by Gasteiger charge is -2.32. The third-order valence-electron chi connectivity index (χ3n) is 4.13. The quantitative estimate of drug-likeness (QED) is 0.799. The number of nitrogens with two attached hydrogens (primary N) is 1. The molecule has 0 atom stereocenters. The molecule has 3 rings (SSSR count). The van der Waals surface area contributed by atoms with E-state index in [1.165, 1.54) is 6.33 Å². The van der Waals surface area contributed by atoms with Crippen LogP contribution >= 0.6 is 0 Å². The number of hydrogen-bond acceptors (Lipinski definition) is 6. The van der Waals surface area contributed by atoms with Crippen LogP contribution in [0.2, 0.25) is 0 Å². The maximum atomic E-state index is 11.0. The van der Waals surface area contributed by atoms with Gasteiger partial charge in [0.05, 0.1) is 24.7 Å². The van der Waals surface area contributed by atoms with Gasteiger partial charge in [-0.05, 0) is 18.8 Å². The van der Waals surface area contributed by atoms with E-state index >= 15 is 0 Å². The second-order valence-corrected chi connectivity index (χ2v) is 5.63. The van der Waals surface area contributed by atoms with Crippen molar-refractivity contribution in [2.45, 2.75) is 25.8 Å². The van der Waals surface area contributed by atoms with Crippen LogP contribution in [0.25, 0.3) is 11.0 Å². The summed E-state index contributed by atoms with van der Waals surface area (Å²) < 4.78 is 1.68. The van der Waals surface area contributed by atoms with E-state index < -0.39 is 0 Å². The molecule has 8 heteroatoms. The number of carbonyl (C=O) groups excluding carboxylic acids is 1. The Labute approximate surface area is 127 Å². The predicted octanol–water partition coefficient (Wildman–Crippen LogP) is -0.0896. The molecular formula is C14H20N6O2. The van der Waals surface area contributed by atoms with E-state index in [1.807, 2.05) is 0 Å². The van der Waals surface area contributed by atoms with Crippen molar-refractivity contribution in [3.8, 4) is 0 Å². The highest BCUT2D eigenvalue weighted by molar-refractivity contribution is 5.86. The molecule has 1 fully saturated rings. The summed E-state index contributed by atoms with van der Waals surface area (Å²) in [6.07, 6.45) is 5.60. The Kier molecular flexibility index (Phi) is 4.19. The van der Waals surface area contributed by atoms with Gasteiger partial charge in [0.15, 0.2) is 5.65 Å². The van der Waals surface area contributed by atoms with Crippen molar-refractivity contribution in [3.63, 3.8) is 0 Å². The molecule has 0 aromatic carbocycles. The lowest BCUT2D eigenvalue weighted by Crippen LogP contribution is -2.35. The second-order valence-electron chi connectivity index (χ2n) is 5.63. The molecule has 2 aromatic heterocycles. The Morgan fingerprint density at radius 3 is 2.82 bits per heavy atom. The Morgan fingerprint density at radius 2 is 2.14 bits per heavy atom. The molecule has 0 saturated carbocycles. The lowest BCUT2D eigenvalue weighted by molar-refractivity contribution is -0.119. The fraction of sp³-hybridized carbons (Fsp3) is 0.571. The molecule has 1 aliphatic heterocycles.